The van der Waals surface area contributed by atoms with E-state index in [1.165, 1.54) is 0 Å². The van der Waals surface area contributed by atoms with Gasteiger partial charge in [-0.2, -0.15) is 5.21 Å². The van der Waals surface area contributed by atoms with Gasteiger partial charge in [-0.25, -0.2) is 4.98 Å². The minimum absolute atomic E-state index is 0.0559. The Morgan fingerprint density at radius 2 is 1.82 bits per heavy atom. The van der Waals surface area contributed by atoms with Crippen molar-refractivity contribution in [3.05, 3.63) is 81.4 Å². The number of nitrogens with zero attached hydrogens (tertiary/aromatic N) is 6. The van der Waals surface area contributed by atoms with Crippen molar-refractivity contribution < 1.29 is 24.6 Å². The zero-order chi connectivity index (χ0) is 32.4. The second-order valence-electron chi connectivity index (χ2n) is 10.9. The van der Waals surface area contributed by atoms with Gasteiger partial charge in [0.2, 0.25) is 11.7 Å². The van der Waals surface area contributed by atoms with Crippen LogP contribution in [-0.2, 0) is 28.2 Å². The van der Waals surface area contributed by atoms with Crippen LogP contribution in [0, 0.1) is 10.1 Å². The minimum atomic E-state index is -1.42. The Balaban J connectivity index is 1.52. The van der Waals surface area contributed by atoms with E-state index in [0.29, 0.717) is 37.5 Å². The third-order valence-electron chi connectivity index (χ3n) is 6.93. The molecule has 0 unspecified atom stereocenters. The highest BCUT2D eigenvalue weighted by atomic mass is 16.9. The number of rotatable bonds is 16. The molecule has 0 aliphatic carbocycles. The van der Waals surface area contributed by atoms with Gasteiger partial charge in [-0.15, -0.1) is 20.3 Å². The highest BCUT2D eigenvalue weighted by molar-refractivity contribution is 5.96. The highest BCUT2D eigenvalue weighted by Gasteiger charge is 2.31. The molecule has 238 valence electrons. The smallest absolute Gasteiger partial charge is 0.294 e. The molecule has 4 aromatic rings. The Hall–Kier alpha value is -5.18. The summed E-state index contributed by atoms with van der Waals surface area (Å²) in [5.74, 6) is 0.179. The van der Waals surface area contributed by atoms with Gasteiger partial charge in [0.15, 0.2) is 0 Å². The lowest BCUT2D eigenvalue weighted by atomic mass is 9.98. The van der Waals surface area contributed by atoms with E-state index in [1.54, 1.807) is 18.4 Å². The van der Waals surface area contributed by atoms with Crippen LogP contribution in [0.1, 0.15) is 67.6 Å². The zero-order valence-corrected chi connectivity index (χ0v) is 25.4. The molecule has 2 heterocycles. The summed E-state index contributed by atoms with van der Waals surface area (Å²) in [4.78, 5) is 45.1. The van der Waals surface area contributed by atoms with E-state index in [4.69, 9.17) is 0 Å². The van der Waals surface area contributed by atoms with Crippen LogP contribution in [0.2, 0.25) is 0 Å². The third-order valence-corrected chi connectivity index (χ3v) is 6.93. The minimum Gasteiger partial charge on any atom is -0.384 e. The molecule has 0 bridgehead atoms. The first-order valence-electron chi connectivity index (χ1n) is 14.6. The molecule has 2 aromatic carbocycles. The van der Waals surface area contributed by atoms with Gasteiger partial charge in [-0.1, -0.05) is 55.5 Å². The fourth-order valence-electron chi connectivity index (χ4n) is 4.82. The number of carbonyl (C=O) groups is 2. The van der Waals surface area contributed by atoms with Gasteiger partial charge in [0.25, 0.3) is 11.0 Å². The summed E-state index contributed by atoms with van der Waals surface area (Å²) in [6.45, 7) is 5.38. The maximum absolute atomic E-state index is 13.6. The molecule has 0 saturated heterocycles. The fraction of sp³-hybridized carbons (Fsp3) is 0.400. The van der Waals surface area contributed by atoms with Crippen LogP contribution < -0.4 is 10.6 Å². The number of nitrogens with one attached hydrogen (secondary N) is 3. The molecule has 45 heavy (non-hydrogen) atoms. The standard InChI is InChI=1S/C30H37N9O6/c1-4-9-24-33-27(30(2,3)42)26(29(41)32-18-25(40)31-16-7-8-17-45-39(43)44)38(24)19-20-12-14-21(15-13-20)22-10-5-6-11-23(22)28-34-36-37-35-28/h5-6,10-15,42H,4,7-9,16-19H2,1-3H3,(H,31,40)(H,32,41)(H,34,35,36,37). The molecule has 0 spiro atoms. The van der Waals surface area contributed by atoms with Gasteiger partial charge < -0.3 is 25.1 Å². The number of hydrogen-bond acceptors (Lipinski definition) is 10. The Bertz CT molecular complexity index is 1600. The number of benzene rings is 2. The molecule has 15 nitrogen and oxygen atoms in total. The van der Waals surface area contributed by atoms with E-state index in [1.807, 2.05) is 55.5 Å². The summed E-state index contributed by atoms with van der Waals surface area (Å²) in [5, 5.41) is 40.0. The van der Waals surface area contributed by atoms with Crippen molar-refractivity contribution in [2.75, 3.05) is 19.7 Å². The zero-order valence-electron chi connectivity index (χ0n) is 25.4. The maximum atomic E-state index is 13.6. The lowest BCUT2D eigenvalue weighted by Crippen LogP contribution is -2.39. The number of aromatic nitrogens is 6. The SMILES string of the molecule is CCCc1nc(C(C)(C)O)c(C(=O)NCC(=O)NCCCCO[N+](=O)[O-])n1Cc1ccc(-c2ccccc2-c2nn[nH]n2)cc1. The number of unbranched alkanes of at least 4 members (excludes halogenated alkanes) is 1. The van der Waals surface area contributed by atoms with Crippen LogP contribution in [0.25, 0.3) is 22.5 Å². The Morgan fingerprint density at radius 3 is 2.47 bits per heavy atom. The van der Waals surface area contributed by atoms with Crippen LogP contribution in [0.4, 0.5) is 0 Å². The summed E-state index contributed by atoms with van der Waals surface area (Å²) in [7, 11) is 0. The predicted octanol–water partition coefficient (Wildman–Crippen LogP) is 2.79. The van der Waals surface area contributed by atoms with Crippen molar-refractivity contribution in [2.24, 2.45) is 0 Å². The van der Waals surface area contributed by atoms with E-state index < -0.39 is 22.5 Å². The van der Waals surface area contributed by atoms with Crippen LogP contribution in [0.5, 0.6) is 0 Å². The molecule has 0 radical (unpaired) electrons. The largest absolute Gasteiger partial charge is 0.384 e. The molecule has 0 saturated carbocycles. The summed E-state index contributed by atoms with van der Waals surface area (Å²) >= 11 is 0. The maximum Gasteiger partial charge on any atom is 0.294 e. The predicted molar refractivity (Wildman–Crippen MR) is 163 cm³/mol. The first kappa shape index (κ1) is 32.7. The van der Waals surface area contributed by atoms with Crippen LogP contribution >= 0.6 is 0 Å². The Morgan fingerprint density at radius 1 is 1.09 bits per heavy atom. The van der Waals surface area contributed by atoms with Crippen molar-refractivity contribution in [3.63, 3.8) is 0 Å². The number of H-pyrrole nitrogens is 1. The molecule has 0 atom stereocenters. The third kappa shape index (κ3) is 8.69. The molecule has 15 heteroatoms. The number of aromatic amines is 1. The number of hydrogen-bond donors (Lipinski definition) is 4. The van der Waals surface area contributed by atoms with Crippen molar-refractivity contribution >= 4 is 11.8 Å². The molecule has 0 fully saturated rings. The van der Waals surface area contributed by atoms with Crippen LogP contribution in [-0.4, -0.2) is 71.9 Å². The topological polar surface area (TPSA) is 203 Å². The van der Waals surface area contributed by atoms with Crippen molar-refractivity contribution in [1.82, 2.24) is 40.8 Å². The average molecular weight is 620 g/mol. The summed E-state index contributed by atoms with van der Waals surface area (Å²) in [6, 6.07) is 15.6. The second kappa shape index (κ2) is 15.0. The van der Waals surface area contributed by atoms with Crippen LogP contribution in [0.3, 0.4) is 0 Å². The second-order valence-corrected chi connectivity index (χ2v) is 10.9. The van der Waals surface area contributed by atoms with Gasteiger partial charge in [0.1, 0.15) is 22.8 Å². The number of aryl methyl sites for hydroxylation is 1. The lowest BCUT2D eigenvalue weighted by molar-refractivity contribution is -0.757. The number of carbonyl (C=O) groups excluding carboxylic acids is 2. The van der Waals surface area contributed by atoms with Crippen molar-refractivity contribution in [3.8, 4) is 22.5 Å². The summed E-state index contributed by atoms with van der Waals surface area (Å²) in [6.07, 6.45) is 2.22. The molecular formula is C30H37N9O6. The molecule has 2 aromatic heterocycles. The Labute approximate surface area is 259 Å². The van der Waals surface area contributed by atoms with E-state index in [2.05, 4.69) is 41.1 Å². The van der Waals surface area contributed by atoms with E-state index >= 15 is 0 Å². The number of tetrazole rings is 1. The van der Waals surface area contributed by atoms with Gasteiger partial charge >= 0.3 is 0 Å². The first-order valence-corrected chi connectivity index (χ1v) is 14.6. The fourth-order valence-corrected chi connectivity index (χ4v) is 4.82. The first-order chi connectivity index (χ1) is 21.6. The van der Waals surface area contributed by atoms with Gasteiger partial charge in [-0.05, 0) is 55.0 Å². The number of amides is 2. The molecule has 4 rings (SSSR count). The van der Waals surface area contributed by atoms with Crippen molar-refractivity contribution in [1.29, 1.82) is 0 Å². The monoisotopic (exact) mass is 619 g/mol. The number of aliphatic hydroxyl groups is 1. The number of imidazole rings is 1. The normalized spacial score (nSPS) is 11.3. The van der Waals surface area contributed by atoms with Gasteiger partial charge in [-0.3, -0.25) is 9.59 Å². The molecule has 2 amide bonds. The summed E-state index contributed by atoms with van der Waals surface area (Å²) in [5.41, 5.74) is 2.61. The van der Waals surface area contributed by atoms with E-state index in [-0.39, 0.29) is 31.1 Å². The molecule has 0 aliphatic rings. The van der Waals surface area contributed by atoms with E-state index in [9.17, 15) is 24.8 Å². The quantitative estimate of drug-likeness (QED) is 0.0820. The van der Waals surface area contributed by atoms with E-state index in [0.717, 1.165) is 28.7 Å². The lowest BCUT2D eigenvalue weighted by Gasteiger charge is -2.18. The van der Waals surface area contributed by atoms with Crippen molar-refractivity contribution in [2.45, 2.75) is 58.6 Å². The highest BCUT2D eigenvalue weighted by Crippen LogP contribution is 2.30. The van der Waals surface area contributed by atoms with Gasteiger partial charge in [0, 0.05) is 25.1 Å². The van der Waals surface area contributed by atoms with Crippen LogP contribution in [0.15, 0.2) is 48.5 Å². The summed E-state index contributed by atoms with van der Waals surface area (Å²) < 4.78 is 1.79. The van der Waals surface area contributed by atoms with Gasteiger partial charge in [0.05, 0.1) is 13.2 Å². The molecular weight excluding hydrogens is 582 g/mol. The molecule has 4 N–H and O–H groups in total. The average Bonchev–Trinajstić information content (AvgIpc) is 3.67. The molecule has 0 aliphatic heterocycles. The Kier molecular flexibility index (Phi) is 10.9.